The molecule has 1 saturated carbocycles. The van der Waals surface area contributed by atoms with Gasteiger partial charge >= 0.3 is 6.18 Å². The number of nitrogens with zero attached hydrogens (tertiary/aromatic N) is 4. The predicted molar refractivity (Wildman–Crippen MR) is 224 cm³/mol. The molecule has 4 N–H and O–H groups in total. The molecule has 0 radical (unpaired) electrons. The number of alkyl halides is 3. The molecule has 4 aliphatic rings. The van der Waals surface area contributed by atoms with Gasteiger partial charge in [-0.25, -0.2) is 4.98 Å². The van der Waals surface area contributed by atoms with Crippen molar-refractivity contribution >= 4 is 46.8 Å². The number of rotatable bonds is 16. The van der Waals surface area contributed by atoms with Crippen molar-refractivity contribution in [1.29, 1.82) is 0 Å². The number of carbonyl (C=O) groups excluding carboxylic acids is 6. The summed E-state index contributed by atoms with van der Waals surface area (Å²) in [5.41, 5.74) is -0.594. The van der Waals surface area contributed by atoms with Gasteiger partial charge in [0.2, 0.25) is 11.8 Å². The first kappa shape index (κ1) is 45.3. The van der Waals surface area contributed by atoms with Gasteiger partial charge in [-0.1, -0.05) is 12.1 Å². The second kappa shape index (κ2) is 18.6. The van der Waals surface area contributed by atoms with E-state index in [1.54, 1.807) is 24.3 Å². The van der Waals surface area contributed by atoms with E-state index in [1.807, 2.05) is 4.90 Å². The van der Waals surface area contributed by atoms with Crippen LogP contribution < -0.4 is 16.0 Å². The number of amides is 6. The Hall–Kier alpha value is -5.72. The summed E-state index contributed by atoms with van der Waals surface area (Å²) in [6.45, 7) is 6.75. The minimum Gasteiger partial charge on any atom is -0.386 e. The highest BCUT2D eigenvalue weighted by molar-refractivity contribution is 6.25. The SMILES string of the molecule is CN(CCCOCCCNc1cccc2c1C(=O)N(C1CCC(=O)NC1=O)C2=O)CC1CCC(N2Cc3cc(C(C)(C)O)c(NC(=O)c4cccc(C(F)(F)F)n4)cc3C2=O)CC1. The van der Waals surface area contributed by atoms with Crippen molar-refractivity contribution in [3.05, 3.63) is 87.7 Å². The van der Waals surface area contributed by atoms with Crippen LogP contribution in [0.25, 0.3) is 0 Å². The molecule has 0 spiro atoms. The highest BCUT2D eigenvalue weighted by Gasteiger charge is 2.46. The van der Waals surface area contributed by atoms with E-state index < -0.39 is 58.7 Å². The van der Waals surface area contributed by atoms with Crippen LogP contribution >= 0.6 is 0 Å². The minimum atomic E-state index is -4.73. The number of carbonyl (C=O) groups is 6. The first-order valence-electron chi connectivity index (χ1n) is 21.3. The molecule has 4 heterocycles. The van der Waals surface area contributed by atoms with Crippen molar-refractivity contribution in [3.8, 4) is 0 Å². The van der Waals surface area contributed by atoms with Gasteiger partial charge in [-0.2, -0.15) is 13.2 Å². The number of pyridine rings is 1. The van der Waals surface area contributed by atoms with Gasteiger partial charge < -0.3 is 30.3 Å². The summed E-state index contributed by atoms with van der Waals surface area (Å²) in [7, 11) is 2.09. The van der Waals surface area contributed by atoms with E-state index in [0.29, 0.717) is 61.0 Å². The lowest BCUT2D eigenvalue weighted by atomic mass is 9.85. The fourth-order valence-corrected chi connectivity index (χ4v) is 8.96. The Bertz CT molecular complexity index is 2290. The number of anilines is 2. The number of benzene rings is 2. The third-order valence-electron chi connectivity index (χ3n) is 12.2. The number of piperidine rings is 1. The maximum atomic E-state index is 13.8. The Morgan fingerprint density at radius 2 is 1.65 bits per heavy atom. The van der Waals surface area contributed by atoms with Gasteiger partial charge in [0.25, 0.3) is 23.6 Å². The second-order valence-electron chi connectivity index (χ2n) is 17.3. The van der Waals surface area contributed by atoms with E-state index in [0.717, 1.165) is 62.2 Å². The van der Waals surface area contributed by atoms with Gasteiger partial charge in [-0.05, 0) is 114 Å². The Labute approximate surface area is 362 Å². The quantitative estimate of drug-likeness (QED) is 0.107. The van der Waals surface area contributed by atoms with E-state index in [4.69, 9.17) is 4.74 Å². The monoisotopic (exact) mass is 875 g/mol. The van der Waals surface area contributed by atoms with E-state index in [2.05, 4.69) is 32.9 Å². The summed E-state index contributed by atoms with van der Waals surface area (Å²) >= 11 is 0. The molecule has 18 heteroatoms. The van der Waals surface area contributed by atoms with E-state index in [9.17, 15) is 47.0 Å². The Balaban J connectivity index is 0.817. The molecule has 1 unspecified atom stereocenters. The number of aliphatic hydroxyl groups is 1. The summed E-state index contributed by atoms with van der Waals surface area (Å²) in [6, 6.07) is 10.2. The number of halogens is 3. The van der Waals surface area contributed by atoms with Crippen LogP contribution in [0.4, 0.5) is 24.5 Å². The number of nitrogens with one attached hydrogen (secondary N) is 3. The van der Waals surface area contributed by atoms with E-state index in [1.165, 1.54) is 26.0 Å². The van der Waals surface area contributed by atoms with Crippen LogP contribution in [0.3, 0.4) is 0 Å². The maximum absolute atomic E-state index is 13.8. The maximum Gasteiger partial charge on any atom is 0.433 e. The molecule has 1 atom stereocenters. The Kier molecular flexibility index (Phi) is 13.3. The zero-order valence-corrected chi connectivity index (χ0v) is 35.5. The largest absolute Gasteiger partial charge is 0.433 e. The summed E-state index contributed by atoms with van der Waals surface area (Å²) < 4.78 is 45.6. The Morgan fingerprint density at radius 1 is 0.921 bits per heavy atom. The van der Waals surface area contributed by atoms with Crippen molar-refractivity contribution in [2.75, 3.05) is 50.5 Å². The lowest BCUT2D eigenvalue weighted by Crippen LogP contribution is -2.54. The molecule has 63 heavy (non-hydrogen) atoms. The van der Waals surface area contributed by atoms with Gasteiger partial charge in [0.1, 0.15) is 17.4 Å². The van der Waals surface area contributed by atoms with Gasteiger partial charge in [0.15, 0.2) is 0 Å². The second-order valence-corrected chi connectivity index (χ2v) is 17.3. The fourth-order valence-electron chi connectivity index (χ4n) is 8.96. The highest BCUT2D eigenvalue weighted by Crippen LogP contribution is 2.39. The molecule has 15 nitrogen and oxygen atoms in total. The molecule has 3 aromatic rings. The minimum absolute atomic E-state index is 0.0191. The van der Waals surface area contributed by atoms with Crippen LogP contribution in [0.2, 0.25) is 0 Å². The third kappa shape index (κ3) is 10.1. The molecular formula is C45H52F3N7O8. The number of ether oxygens (including phenoxy) is 1. The van der Waals surface area contributed by atoms with Gasteiger partial charge in [-0.15, -0.1) is 0 Å². The van der Waals surface area contributed by atoms with Crippen LogP contribution in [0.5, 0.6) is 0 Å². The molecule has 6 amide bonds. The number of aromatic nitrogens is 1. The molecule has 1 saturated heterocycles. The van der Waals surface area contributed by atoms with Gasteiger partial charge in [0.05, 0.1) is 16.7 Å². The topological polar surface area (TPSA) is 191 Å². The first-order valence-corrected chi connectivity index (χ1v) is 21.3. The summed E-state index contributed by atoms with van der Waals surface area (Å²) in [4.78, 5) is 85.8. The van der Waals surface area contributed by atoms with Crippen LogP contribution in [0, 0.1) is 5.92 Å². The summed E-state index contributed by atoms with van der Waals surface area (Å²) in [5, 5.41) is 19.0. The molecular weight excluding hydrogens is 824 g/mol. The van der Waals surface area contributed by atoms with Crippen LogP contribution in [0.1, 0.15) is 124 Å². The molecule has 1 aromatic heterocycles. The lowest BCUT2D eigenvalue weighted by Gasteiger charge is -2.36. The van der Waals surface area contributed by atoms with Crippen molar-refractivity contribution in [3.63, 3.8) is 0 Å². The first-order chi connectivity index (χ1) is 29.9. The van der Waals surface area contributed by atoms with Crippen molar-refractivity contribution in [2.24, 2.45) is 5.92 Å². The van der Waals surface area contributed by atoms with Crippen LogP contribution in [0.15, 0.2) is 48.5 Å². The molecule has 336 valence electrons. The number of hydrogen-bond donors (Lipinski definition) is 4. The van der Waals surface area contributed by atoms with Crippen molar-refractivity contribution in [1.82, 2.24) is 25.0 Å². The smallest absolute Gasteiger partial charge is 0.386 e. The van der Waals surface area contributed by atoms with Crippen LogP contribution in [-0.4, -0.2) is 112 Å². The summed E-state index contributed by atoms with van der Waals surface area (Å²) in [5.74, 6) is -2.81. The standard InChI is InChI=1S/C45H52F3N7O8/c1-44(2,62)31-22-27-25-54(41(59)30(27)23-34(31)51-39(57)33-10-5-11-36(50-33)45(46,47)48)28-14-12-26(13-15-28)24-53(3)19-7-21-63-20-6-18-49-32-9-4-8-29-38(32)43(61)55(42(29)60)35-16-17-37(56)52-40(35)58/h4-5,8-11,22-23,26,28,35,49,62H,6-7,12-21,24-25H2,1-3H3,(H,51,57)(H,52,56,58). The number of hydrogen-bond acceptors (Lipinski definition) is 11. The zero-order valence-electron chi connectivity index (χ0n) is 35.5. The molecule has 2 aromatic carbocycles. The molecule has 2 fully saturated rings. The van der Waals surface area contributed by atoms with Crippen molar-refractivity contribution in [2.45, 2.75) is 95.6 Å². The lowest BCUT2D eigenvalue weighted by molar-refractivity contribution is -0.141. The number of fused-ring (bicyclic) bond motifs is 2. The average Bonchev–Trinajstić information content (AvgIpc) is 3.69. The van der Waals surface area contributed by atoms with Gasteiger partial charge in [-0.3, -0.25) is 39.0 Å². The third-order valence-corrected chi connectivity index (χ3v) is 12.2. The molecule has 1 aliphatic carbocycles. The van der Waals surface area contributed by atoms with E-state index >= 15 is 0 Å². The molecule has 0 bridgehead atoms. The molecule has 7 rings (SSSR count). The fraction of sp³-hybridized carbons (Fsp3) is 0.489. The van der Waals surface area contributed by atoms with Gasteiger partial charge in [0, 0.05) is 74.4 Å². The predicted octanol–water partition coefficient (Wildman–Crippen LogP) is 5.34. The normalized spacial score (nSPS) is 20.3. The van der Waals surface area contributed by atoms with Crippen LogP contribution in [-0.2, 0) is 32.6 Å². The Morgan fingerprint density at radius 3 is 2.37 bits per heavy atom. The zero-order chi connectivity index (χ0) is 45.2. The highest BCUT2D eigenvalue weighted by atomic mass is 19.4. The average molecular weight is 876 g/mol. The molecule has 3 aliphatic heterocycles. The van der Waals surface area contributed by atoms with E-state index in [-0.39, 0.29) is 41.6 Å². The summed E-state index contributed by atoms with van der Waals surface area (Å²) in [6.07, 6.45) is 0.448. The number of imide groups is 2. The van der Waals surface area contributed by atoms with Crippen molar-refractivity contribution < 1.29 is 51.8 Å².